The van der Waals surface area contributed by atoms with E-state index in [0.29, 0.717) is 30.5 Å². The molecule has 0 fully saturated rings. The molecule has 0 saturated carbocycles. The summed E-state index contributed by atoms with van der Waals surface area (Å²) in [5.74, 6) is -2.71. The average molecular weight is 405 g/mol. The molecule has 0 heterocycles. The number of carbonyl (C=O) groups is 1. The number of carboxylic acid groups (broad SMARTS) is 1. The van der Waals surface area contributed by atoms with Gasteiger partial charge in [-0.25, -0.2) is 9.18 Å². The maximum Gasteiger partial charge on any atom is 0.416 e. The first-order valence-corrected chi connectivity index (χ1v) is 8.23. The highest BCUT2D eigenvalue weighted by Gasteiger charge is 2.33. The molecule has 144 valence electrons. The summed E-state index contributed by atoms with van der Waals surface area (Å²) in [7, 11) is 0. The highest BCUT2D eigenvalue weighted by atomic mass is 35.5. The van der Waals surface area contributed by atoms with E-state index in [1.807, 2.05) is 0 Å². The Kier molecular flexibility index (Phi) is 5.30. The Morgan fingerprint density at radius 1 is 1.26 bits per heavy atom. The zero-order valence-electron chi connectivity index (χ0n) is 13.6. The van der Waals surface area contributed by atoms with Crippen molar-refractivity contribution in [2.24, 2.45) is 0 Å². The van der Waals surface area contributed by atoms with Crippen molar-refractivity contribution in [2.45, 2.75) is 25.1 Å². The van der Waals surface area contributed by atoms with Crippen molar-refractivity contribution in [3.63, 3.8) is 0 Å². The van der Waals surface area contributed by atoms with E-state index >= 15 is 0 Å². The van der Waals surface area contributed by atoms with Gasteiger partial charge in [-0.05, 0) is 48.2 Å². The molecule has 27 heavy (non-hydrogen) atoms. The molecule has 0 saturated heterocycles. The standard InChI is InChI=1S/C18H13ClF4O4/c19-13-5-10(18(21,22)23)6-14(20)17(13)27-11-3-1-9-2-4-15(12(9)7-11)26-8-16(24)25/h1,3,5-7,15H,2,4,8H2,(H,24,25)/t15-/m0/s1. The first kappa shape index (κ1) is 19.4. The number of alkyl halides is 3. The van der Waals surface area contributed by atoms with Crippen molar-refractivity contribution in [3.05, 3.63) is 57.9 Å². The van der Waals surface area contributed by atoms with Crippen LogP contribution in [0, 0.1) is 5.82 Å². The Bertz CT molecular complexity index is 859. The van der Waals surface area contributed by atoms with E-state index in [2.05, 4.69) is 0 Å². The van der Waals surface area contributed by atoms with Gasteiger partial charge in [0.05, 0.1) is 16.7 Å². The van der Waals surface area contributed by atoms with E-state index in [1.54, 1.807) is 12.1 Å². The molecule has 0 bridgehead atoms. The van der Waals surface area contributed by atoms with Gasteiger partial charge in [-0.2, -0.15) is 13.2 Å². The lowest BCUT2D eigenvalue weighted by Gasteiger charge is -2.15. The zero-order valence-corrected chi connectivity index (χ0v) is 14.4. The van der Waals surface area contributed by atoms with Gasteiger partial charge in [0, 0.05) is 0 Å². The molecule has 2 aromatic carbocycles. The molecule has 0 aromatic heterocycles. The third kappa shape index (κ3) is 4.33. The maximum absolute atomic E-state index is 14.1. The van der Waals surface area contributed by atoms with Crippen molar-refractivity contribution in [3.8, 4) is 11.5 Å². The molecule has 1 aliphatic rings. The highest BCUT2D eigenvalue weighted by Crippen LogP contribution is 2.41. The maximum atomic E-state index is 14.1. The van der Waals surface area contributed by atoms with E-state index < -0.39 is 47.0 Å². The Morgan fingerprint density at radius 2 is 2.00 bits per heavy atom. The Balaban J connectivity index is 1.85. The molecule has 1 aliphatic carbocycles. The van der Waals surface area contributed by atoms with Gasteiger partial charge in [-0.1, -0.05) is 17.7 Å². The Hall–Kier alpha value is -2.32. The second kappa shape index (κ2) is 7.36. The van der Waals surface area contributed by atoms with Gasteiger partial charge in [0.15, 0.2) is 11.6 Å². The number of ether oxygens (including phenoxy) is 2. The third-order valence-electron chi connectivity index (χ3n) is 4.09. The van der Waals surface area contributed by atoms with Gasteiger partial charge < -0.3 is 14.6 Å². The number of benzene rings is 2. The van der Waals surface area contributed by atoms with E-state index in [1.165, 1.54) is 6.07 Å². The molecule has 2 aromatic rings. The van der Waals surface area contributed by atoms with Gasteiger partial charge in [0.1, 0.15) is 12.4 Å². The number of aryl methyl sites for hydroxylation is 1. The molecule has 1 atom stereocenters. The predicted molar refractivity (Wildman–Crippen MR) is 87.6 cm³/mol. The van der Waals surface area contributed by atoms with Crippen LogP contribution in [0.3, 0.4) is 0 Å². The van der Waals surface area contributed by atoms with Crippen molar-refractivity contribution in [1.82, 2.24) is 0 Å². The molecule has 0 spiro atoms. The molecule has 1 N–H and O–H groups in total. The number of fused-ring (bicyclic) bond motifs is 1. The molecule has 0 unspecified atom stereocenters. The smallest absolute Gasteiger partial charge is 0.416 e. The van der Waals surface area contributed by atoms with Crippen LogP contribution in [0.15, 0.2) is 30.3 Å². The molecular weight excluding hydrogens is 392 g/mol. The van der Waals surface area contributed by atoms with Crippen molar-refractivity contribution < 1.29 is 36.9 Å². The van der Waals surface area contributed by atoms with Crippen molar-refractivity contribution in [1.29, 1.82) is 0 Å². The van der Waals surface area contributed by atoms with Crippen LogP contribution >= 0.6 is 11.6 Å². The second-order valence-corrected chi connectivity index (χ2v) is 6.37. The van der Waals surface area contributed by atoms with Crippen LogP contribution in [0.2, 0.25) is 5.02 Å². The summed E-state index contributed by atoms with van der Waals surface area (Å²) in [6, 6.07) is 5.69. The summed E-state index contributed by atoms with van der Waals surface area (Å²) in [6.07, 6.45) is -3.92. The van der Waals surface area contributed by atoms with E-state index in [-0.39, 0.29) is 5.75 Å². The van der Waals surface area contributed by atoms with Crippen LogP contribution in [0.1, 0.15) is 29.2 Å². The lowest BCUT2D eigenvalue weighted by molar-refractivity contribution is -0.144. The quantitative estimate of drug-likeness (QED) is 0.680. The fourth-order valence-corrected chi connectivity index (χ4v) is 3.14. The number of aliphatic carboxylic acids is 1. The van der Waals surface area contributed by atoms with Crippen LogP contribution in [-0.4, -0.2) is 17.7 Å². The minimum Gasteiger partial charge on any atom is -0.480 e. The largest absolute Gasteiger partial charge is 0.480 e. The number of rotatable bonds is 5. The zero-order chi connectivity index (χ0) is 19.8. The summed E-state index contributed by atoms with van der Waals surface area (Å²) >= 11 is 5.77. The topological polar surface area (TPSA) is 55.8 Å². The fourth-order valence-electron chi connectivity index (χ4n) is 2.89. The number of hydrogen-bond acceptors (Lipinski definition) is 3. The fraction of sp³-hybridized carbons (Fsp3) is 0.278. The molecule has 4 nitrogen and oxygen atoms in total. The van der Waals surface area contributed by atoms with Crippen molar-refractivity contribution in [2.75, 3.05) is 6.61 Å². The SMILES string of the molecule is O=C(O)CO[C@H]1CCc2ccc(Oc3c(F)cc(C(F)(F)F)cc3Cl)cc21. The molecule has 9 heteroatoms. The highest BCUT2D eigenvalue weighted by molar-refractivity contribution is 6.32. The summed E-state index contributed by atoms with van der Waals surface area (Å²) in [5, 5.41) is 8.21. The molecular formula is C18H13ClF4O4. The molecule has 0 aliphatic heterocycles. The Morgan fingerprint density at radius 3 is 2.63 bits per heavy atom. The minimum absolute atomic E-state index is 0.153. The predicted octanol–water partition coefficient (Wildman–Crippen LogP) is 5.38. The van der Waals surface area contributed by atoms with Crippen LogP contribution in [-0.2, 0) is 22.1 Å². The lowest BCUT2D eigenvalue weighted by atomic mass is 10.1. The lowest BCUT2D eigenvalue weighted by Crippen LogP contribution is -2.10. The Labute approximate surface area is 156 Å². The first-order chi connectivity index (χ1) is 12.6. The summed E-state index contributed by atoms with van der Waals surface area (Å²) in [4.78, 5) is 10.7. The number of carboxylic acids is 1. The van der Waals surface area contributed by atoms with E-state index in [4.69, 9.17) is 26.2 Å². The second-order valence-electron chi connectivity index (χ2n) is 5.96. The van der Waals surface area contributed by atoms with Crippen LogP contribution in [0.4, 0.5) is 17.6 Å². The third-order valence-corrected chi connectivity index (χ3v) is 4.37. The summed E-state index contributed by atoms with van der Waals surface area (Å²) in [5.41, 5.74) is 0.405. The first-order valence-electron chi connectivity index (χ1n) is 7.85. The molecule has 0 amide bonds. The van der Waals surface area contributed by atoms with Gasteiger partial charge in [-0.15, -0.1) is 0 Å². The van der Waals surface area contributed by atoms with E-state index in [0.717, 1.165) is 5.56 Å². The number of halogens is 5. The average Bonchev–Trinajstić information content (AvgIpc) is 2.97. The van der Waals surface area contributed by atoms with Crippen molar-refractivity contribution >= 4 is 17.6 Å². The van der Waals surface area contributed by atoms with Crippen LogP contribution in [0.5, 0.6) is 11.5 Å². The van der Waals surface area contributed by atoms with Gasteiger partial charge in [0.25, 0.3) is 0 Å². The van der Waals surface area contributed by atoms with Crippen LogP contribution in [0.25, 0.3) is 0 Å². The normalized spacial score (nSPS) is 16.3. The monoisotopic (exact) mass is 404 g/mol. The molecule has 3 rings (SSSR count). The van der Waals surface area contributed by atoms with Crippen LogP contribution < -0.4 is 4.74 Å². The number of hydrogen-bond donors (Lipinski definition) is 1. The summed E-state index contributed by atoms with van der Waals surface area (Å²) < 4.78 is 62.9. The van der Waals surface area contributed by atoms with Gasteiger partial charge in [-0.3, -0.25) is 0 Å². The van der Waals surface area contributed by atoms with Gasteiger partial charge in [0.2, 0.25) is 0 Å². The summed E-state index contributed by atoms with van der Waals surface area (Å²) in [6.45, 7) is -0.464. The van der Waals surface area contributed by atoms with Gasteiger partial charge >= 0.3 is 12.1 Å². The molecule has 0 radical (unpaired) electrons. The van der Waals surface area contributed by atoms with E-state index in [9.17, 15) is 22.4 Å². The minimum atomic E-state index is -4.73.